The van der Waals surface area contributed by atoms with Gasteiger partial charge in [0.05, 0.1) is 4.90 Å². The summed E-state index contributed by atoms with van der Waals surface area (Å²) in [6.45, 7) is 9.47. The predicted octanol–water partition coefficient (Wildman–Crippen LogP) is 2.63. The second-order valence-corrected chi connectivity index (χ2v) is 9.01. The van der Waals surface area contributed by atoms with E-state index in [1.54, 1.807) is 17.4 Å². The van der Waals surface area contributed by atoms with E-state index in [-0.39, 0.29) is 5.54 Å². The molecule has 6 heteroatoms. The zero-order valence-electron chi connectivity index (χ0n) is 12.6. The van der Waals surface area contributed by atoms with Crippen LogP contribution in [0.15, 0.2) is 11.0 Å². The molecule has 0 aromatic carbocycles. The van der Waals surface area contributed by atoms with Gasteiger partial charge >= 0.3 is 0 Å². The molecule has 1 heterocycles. The van der Waals surface area contributed by atoms with E-state index in [4.69, 9.17) is 0 Å². The van der Waals surface area contributed by atoms with Crippen molar-refractivity contribution in [3.8, 4) is 0 Å². The Morgan fingerprint density at radius 1 is 1.40 bits per heavy atom. The van der Waals surface area contributed by atoms with Crippen LogP contribution in [-0.4, -0.2) is 20.5 Å². The first kappa shape index (κ1) is 15.9. The molecule has 1 saturated carbocycles. The van der Waals surface area contributed by atoms with Crippen LogP contribution in [0.1, 0.15) is 43.4 Å². The zero-order valence-corrected chi connectivity index (χ0v) is 14.2. The second kappa shape index (κ2) is 5.75. The lowest BCUT2D eigenvalue weighted by Crippen LogP contribution is -2.45. The first-order valence-electron chi connectivity index (χ1n) is 7.10. The molecule has 2 rings (SSSR count). The summed E-state index contributed by atoms with van der Waals surface area (Å²) in [6, 6.07) is 1.80. The highest BCUT2D eigenvalue weighted by molar-refractivity contribution is 7.89. The molecule has 4 nitrogen and oxygen atoms in total. The number of rotatable bonds is 7. The molecule has 0 amide bonds. The number of aryl methyl sites for hydroxylation is 1. The average molecular weight is 316 g/mol. The van der Waals surface area contributed by atoms with Crippen LogP contribution in [0.5, 0.6) is 0 Å². The minimum Gasteiger partial charge on any atom is -0.312 e. The number of sulfonamides is 1. The van der Waals surface area contributed by atoms with Crippen molar-refractivity contribution in [1.82, 2.24) is 10.0 Å². The standard InChI is InChI=1S/C14H24N2O2S2/c1-5-15-9-12-8-13(10(2)19-12)20(17,18)16-14(3,4)11-6-7-11/h8,11,15-16H,5-7,9H2,1-4H3. The highest BCUT2D eigenvalue weighted by Crippen LogP contribution is 2.40. The fraction of sp³-hybridized carbons (Fsp3) is 0.714. The van der Waals surface area contributed by atoms with Gasteiger partial charge in [-0.25, -0.2) is 13.1 Å². The minimum atomic E-state index is -3.43. The highest BCUT2D eigenvalue weighted by atomic mass is 32.2. The molecule has 1 fully saturated rings. The molecule has 114 valence electrons. The summed E-state index contributed by atoms with van der Waals surface area (Å²) in [5, 5.41) is 3.23. The van der Waals surface area contributed by atoms with Crippen LogP contribution < -0.4 is 10.0 Å². The molecular formula is C14H24N2O2S2. The number of hydrogen-bond donors (Lipinski definition) is 2. The predicted molar refractivity (Wildman–Crippen MR) is 83.6 cm³/mol. The maximum absolute atomic E-state index is 12.6. The van der Waals surface area contributed by atoms with Gasteiger partial charge in [0.2, 0.25) is 10.0 Å². The van der Waals surface area contributed by atoms with Crippen molar-refractivity contribution in [3.05, 3.63) is 15.8 Å². The Bertz CT molecular complexity index is 572. The molecule has 0 unspecified atom stereocenters. The van der Waals surface area contributed by atoms with Crippen LogP contribution in [0.3, 0.4) is 0 Å². The lowest BCUT2D eigenvalue weighted by molar-refractivity contribution is 0.400. The normalized spacial score (nSPS) is 16.6. The molecule has 0 radical (unpaired) electrons. The first-order chi connectivity index (χ1) is 9.26. The van der Waals surface area contributed by atoms with E-state index < -0.39 is 10.0 Å². The van der Waals surface area contributed by atoms with Crippen molar-refractivity contribution in [2.75, 3.05) is 6.54 Å². The third kappa shape index (κ3) is 3.61. The molecule has 1 aromatic heterocycles. The van der Waals surface area contributed by atoms with E-state index in [1.165, 1.54) is 0 Å². The summed E-state index contributed by atoms with van der Waals surface area (Å²) in [5.74, 6) is 0.470. The molecular weight excluding hydrogens is 292 g/mol. The molecule has 1 aromatic rings. The van der Waals surface area contributed by atoms with Crippen LogP contribution in [-0.2, 0) is 16.6 Å². The second-order valence-electron chi connectivity index (χ2n) is 6.01. The number of hydrogen-bond acceptors (Lipinski definition) is 4. The Labute approximate surface area is 126 Å². The SMILES string of the molecule is CCNCc1cc(S(=O)(=O)NC(C)(C)C2CC2)c(C)s1. The molecule has 1 aliphatic rings. The minimum absolute atomic E-state index is 0.352. The van der Waals surface area contributed by atoms with E-state index >= 15 is 0 Å². The van der Waals surface area contributed by atoms with Crippen LogP contribution in [0, 0.1) is 12.8 Å². The van der Waals surface area contributed by atoms with Gasteiger partial charge in [-0.1, -0.05) is 6.92 Å². The van der Waals surface area contributed by atoms with Gasteiger partial charge < -0.3 is 5.32 Å². The van der Waals surface area contributed by atoms with E-state index in [2.05, 4.69) is 10.0 Å². The van der Waals surface area contributed by atoms with E-state index in [9.17, 15) is 8.42 Å². The van der Waals surface area contributed by atoms with E-state index in [0.717, 1.165) is 35.7 Å². The van der Waals surface area contributed by atoms with Crippen molar-refractivity contribution in [2.45, 2.75) is 57.5 Å². The maximum Gasteiger partial charge on any atom is 0.242 e. The molecule has 2 N–H and O–H groups in total. The third-order valence-electron chi connectivity index (χ3n) is 3.76. The van der Waals surface area contributed by atoms with Crippen molar-refractivity contribution >= 4 is 21.4 Å². The van der Waals surface area contributed by atoms with Crippen molar-refractivity contribution in [2.24, 2.45) is 5.92 Å². The van der Waals surface area contributed by atoms with Gasteiger partial charge in [-0.15, -0.1) is 11.3 Å². The summed E-state index contributed by atoms with van der Waals surface area (Å²) in [5.41, 5.74) is -0.352. The summed E-state index contributed by atoms with van der Waals surface area (Å²) in [7, 11) is -3.43. The number of thiophene rings is 1. The summed E-state index contributed by atoms with van der Waals surface area (Å²) in [6.07, 6.45) is 2.23. The van der Waals surface area contributed by atoms with Gasteiger partial charge in [-0.3, -0.25) is 0 Å². The van der Waals surface area contributed by atoms with Gasteiger partial charge in [-0.2, -0.15) is 0 Å². The lowest BCUT2D eigenvalue weighted by Gasteiger charge is -2.25. The molecule has 1 aliphatic carbocycles. The Morgan fingerprint density at radius 3 is 2.60 bits per heavy atom. The average Bonchev–Trinajstić information content (AvgIpc) is 3.10. The Balaban J connectivity index is 2.18. The van der Waals surface area contributed by atoms with Crippen molar-refractivity contribution in [1.29, 1.82) is 0 Å². The topological polar surface area (TPSA) is 58.2 Å². The molecule has 0 aliphatic heterocycles. The van der Waals surface area contributed by atoms with Crippen LogP contribution in [0.2, 0.25) is 0 Å². The van der Waals surface area contributed by atoms with E-state index in [0.29, 0.717) is 10.8 Å². The first-order valence-corrected chi connectivity index (χ1v) is 9.40. The van der Waals surface area contributed by atoms with Crippen LogP contribution >= 0.6 is 11.3 Å². The molecule has 0 saturated heterocycles. The zero-order chi connectivity index (χ0) is 15.0. The van der Waals surface area contributed by atoms with Crippen molar-refractivity contribution in [3.63, 3.8) is 0 Å². The largest absolute Gasteiger partial charge is 0.312 e. The molecule has 20 heavy (non-hydrogen) atoms. The van der Waals surface area contributed by atoms with Crippen LogP contribution in [0.4, 0.5) is 0 Å². The maximum atomic E-state index is 12.6. The van der Waals surface area contributed by atoms with Crippen molar-refractivity contribution < 1.29 is 8.42 Å². The quantitative estimate of drug-likeness (QED) is 0.813. The Hall–Kier alpha value is -0.430. The fourth-order valence-electron chi connectivity index (χ4n) is 2.42. The van der Waals surface area contributed by atoms with Gasteiger partial charge in [0.25, 0.3) is 0 Å². The summed E-state index contributed by atoms with van der Waals surface area (Å²) >= 11 is 1.55. The van der Waals surface area contributed by atoms with Gasteiger partial charge in [-0.05, 0) is 52.1 Å². The Morgan fingerprint density at radius 2 is 2.05 bits per heavy atom. The monoisotopic (exact) mass is 316 g/mol. The van der Waals surface area contributed by atoms with Gasteiger partial charge in [0.15, 0.2) is 0 Å². The van der Waals surface area contributed by atoms with Gasteiger partial charge in [0.1, 0.15) is 0 Å². The highest BCUT2D eigenvalue weighted by Gasteiger charge is 2.41. The summed E-state index contributed by atoms with van der Waals surface area (Å²) in [4.78, 5) is 2.36. The van der Waals surface area contributed by atoms with Gasteiger partial charge in [0, 0.05) is 21.8 Å². The Kier molecular flexibility index (Phi) is 4.59. The van der Waals surface area contributed by atoms with E-state index in [1.807, 2.05) is 27.7 Å². The summed E-state index contributed by atoms with van der Waals surface area (Å²) < 4.78 is 28.0. The molecule has 0 spiro atoms. The molecule has 0 bridgehead atoms. The lowest BCUT2D eigenvalue weighted by atomic mass is 10.0. The molecule has 0 atom stereocenters. The smallest absolute Gasteiger partial charge is 0.242 e. The van der Waals surface area contributed by atoms with Crippen LogP contribution in [0.25, 0.3) is 0 Å². The number of nitrogens with one attached hydrogen (secondary N) is 2. The fourth-order valence-corrected chi connectivity index (χ4v) is 5.49. The third-order valence-corrected chi connectivity index (χ3v) is 6.73.